The molecule has 1 spiro atoms. The van der Waals surface area contributed by atoms with Crippen LogP contribution in [0.15, 0.2) is 48.6 Å². The lowest BCUT2D eigenvalue weighted by Crippen LogP contribution is -2.56. The van der Waals surface area contributed by atoms with Crippen LogP contribution in [0, 0.1) is 11.8 Å². The monoisotopic (exact) mass is 510 g/mol. The van der Waals surface area contributed by atoms with Gasteiger partial charge in [0.05, 0.1) is 19.6 Å². The van der Waals surface area contributed by atoms with Gasteiger partial charge in [-0.1, -0.05) is 31.2 Å². The Morgan fingerprint density at radius 1 is 1.05 bits per heavy atom. The Kier molecular flexibility index (Phi) is 6.85. The Hall–Kier alpha value is -3.17. The topological polar surface area (TPSA) is 106 Å². The van der Waals surface area contributed by atoms with Crippen LogP contribution in [0.3, 0.4) is 0 Å². The number of aliphatic hydroxyl groups is 1. The number of fused-ring (bicyclic) bond motifs is 2. The van der Waals surface area contributed by atoms with Crippen molar-refractivity contribution in [3.8, 4) is 5.75 Å². The number of carbonyl (C=O) groups excluding carboxylic acids is 3. The number of methoxy groups -OCH3 is 1. The second-order valence-electron chi connectivity index (χ2n) is 9.99. The SMILES string of the molecule is CC[C@]12C=CCCOC(=O)[C@H]1[C@H]1C(=O)N(CCCCO)C3C(=O)N(c4ccc(OC)cc4)CC=C[C@@]31O2. The van der Waals surface area contributed by atoms with Crippen LogP contribution in [-0.2, 0) is 23.9 Å². The summed E-state index contributed by atoms with van der Waals surface area (Å²) in [6, 6.07) is 6.24. The average Bonchev–Trinajstić information content (AvgIpc) is 3.24. The second-order valence-corrected chi connectivity index (χ2v) is 9.99. The van der Waals surface area contributed by atoms with Crippen LogP contribution in [0.5, 0.6) is 5.75 Å². The number of cyclic esters (lactones) is 1. The number of hydrogen-bond acceptors (Lipinski definition) is 7. The maximum Gasteiger partial charge on any atom is 0.313 e. The minimum Gasteiger partial charge on any atom is -0.497 e. The molecule has 0 radical (unpaired) electrons. The van der Waals surface area contributed by atoms with Crippen molar-refractivity contribution in [3.63, 3.8) is 0 Å². The molecule has 0 saturated carbocycles. The number of rotatable bonds is 7. The predicted molar refractivity (Wildman–Crippen MR) is 135 cm³/mol. The normalized spacial score (nSPS) is 32.8. The lowest BCUT2D eigenvalue weighted by molar-refractivity contribution is -0.160. The molecule has 5 rings (SSSR count). The number of aliphatic hydroxyl groups excluding tert-OH is 1. The molecular formula is C28H34N2O7. The predicted octanol–water partition coefficient (Wildman–Crippen LogP) is 2.23. The van der Waals surface area contributed by atoms with Crippen molar-refractivity contribution in [1.29, 1.82) is 0 Å². The number of benzene rings is 1. The lowest BCUT2D eigenvalue weighted by Gasteiger charge is -2.38. The summed E-state index contributed by atoms with van der Waals surface area (Å²) < 4.78 is 17.7. The first-order valence-corrected chi connectivity index (χ1v) is 13.0. The number of anilines is 1. The van der Waals surface area contributed by atoms with Crippen molar-refractivity contribution in [3.05, 3.63) is 48.6 Å². The maximum absolute atomic E-state index is 14.3. The van der Waals surface area contributed by atoms with E-state index in [9.17, 15) is 19.5 Å². The number of unbranched alkanes of at least 4 members (excludes halogenated alkanes) is 1. The molecule has 2 fully saturated rings. The Balaban J connectivity index is 1.62. The number of amides is 2. The molecule has 1 aromatic rings. The number of carbonyl (C=O) groups is 3. The highest BCUT2D eigenvalue weighted by atomic mass is 16.6. The summed E-state index contributed by atoms with van der Waals surface area (Å²) in [5, 5.41) is 9.35. The van der Waals surface area contributed by atoms with Crippen molar-refractivity contribution in [2.75, 3.05) is 38.3 Å². The van der Waals surface area contributed by atoms with Gasteiger partial charge in [-0.15, -0.1) is 0 Å². The third-order valence-corrected chi connectivity index (χ3v) is 8.09. The van der Waals surface area contributed by atoms with E-state index in [1.54, 1.807) is 29.0 Å². The van der Waals surface area contributed by atoms with E-state index in [4.69, 9.17) is 14.2 Å². The van der Waals surface area contributed by atoms with Gasteiger partial charge < -0.3 is 29.1 Å². The molecular weight excluding hydrogens is 476 g/mol. The highest BCUT2D eigenvalue weighted by Gasteiger charge is 2.75. The Labute approximate surface area is 216 Å². The zero-order chi connectivity index (χ0) is 26.2. The number of likely N-dealkylation sites (tertiary alicyclic amines) is 1. The molecule has 1 N–H and O–H groups in total. The third kappa shape index (κ3) is 3.95. The highest BCUT2D eigenvalue weighted by molar-refractivity contribution is 6.05. The summed E-state index contributed by atoms with van der Waals surface area (Å²) in [5.74, 6) is -2.11. The molecule has 0 aromatic heterocycles. The largest absolute Gasteiger partial charge is 0.497 e. The first-order chi connectivity index (χ1) is 17.9. The molecule has 1 aromatic carbocycles. The Morgan fingerprint density at radius 3 is 2.54 bits per heavy atom. The van der Waals surface area contributed by atoms with Crippen LogP contribution in [0.4, 0.5) is 5.69 Å². The van der Waals surface area contributed by atoms with Gasteiger partial charge in [0.2, 0.25) is 5.91 Å². The minimum atomic E-state index is -1.32. The number of hydrogen-bond donors (Lipinski definition) is 1. The number of esters is 1. The summed E-state index contributed by atoms with van der Waals surface area (Å²) in [5.41, 5.74) is -1.69. The van der Waals surface area contributed by atoms with Crippen LogP contribution < -0.4 is 9.64 Å². The molecule has 4 heterocycles. The maximum atomic E-state index is 14.3. The molecule has 4 aliphatic rings. The van der Waals surface area contributed by atoms with Crippen LogP contribution in [0.1, 0.15) is 32.6 Å². The smallest absolute Gasteiger partial charge is 0.313 e. The molecule has 0 aliphatic carbocycles. The quantitative estimate of drug-likeness (QED) is 0.341. The van der Waals surface area contributed by atoms with Gasteiger partial charge in [-0.2, -0.15) is 0 Å². The summed E-state index contributed by atoms with van der Waals surface area (Å²) >= 11 is 0. The summed E-state index contributed by atoms with van der Waals surface area (Å²) in [6.07, 6.45) is 9.56. The molecule has 37 heavy (non-hydrogen) atoms. The van der Waals surface area contributed by atoms with Crippen LogP contribution in [-0.4, -0.2) is 78.4 Å². The van der Waals surface area contributed by atoms with E-state index >= 15 is 0 Å². The van der Waals surface area contributed by atoms with Crippen molar-refractivity contribution >= 4 is 23.5 Å². The van der Waals surface area contributed by atoms with E-state index < -0.39 is 35.0 Å². The molecule has 9 heteroatoms. The first kappa shape index (κ1) is 25.5. The van der Waals surface area contributed by atoms with Gasteiger partial charge in [0.1, 0.15) is 28.9 Å². The molecule has 2 saturated heterocycles. The van der Waals surface area contributed by atoms with Crippen molar-refractivity contribution in [2.45, 2.75) is 49.9 Å². The fourth-order valence-corrected chi connectivity index (χ4v) is 6.36. The van der Waals surface area contributed by atoms with Crippen molar-refractivity contribution in [1.82, 2.24) is 4.90 Å². The zero-order valence-corrected chi connectivity index (χ0v) is 21.3. The Morgan fingerprint density at radius 2 is 1.84 bits per heavy atom. The first-order valence-electron chi connectivity index (χ1n) is 13.0. The highest BCUT2D eigenvalue weighted by Crippen LogP contribution is 2.58. The van der Waals surface area contributed by atoms with E-state index in [0.717, 1.165) is 0 Å². The van der Waals surface area contributed by atoms with Gasteiger partial charge >= 0.3 is 5.97 Å². The third-order valence-electron chi connectivity index (χ3n) is 8.09. The van der Waals surface area contributed by atoms with Crippen LogP contribution in [0.2, 0.25) is 0 Å². The Bertz CT molecular complexity index is 1120. The minimum absolute atomic E-state index is 0.0116. The summed E-state index contributed by atoms with van der Waals surface area (Å²) in [6.45, 7) is 2.72. The second kappa shape index (κ2) is 9.95. The molecule has 198 valence electrons. The average molecular weight is 511 g/mol. The number of ether oxygens (including phenoxy) is 3. The van der Waals surface area contributed by atoms with Gasteiger partial charge in [-0.25, -0.2) is 0 Å². The van der Waals surface area contributed by atoms with Crippen molar-refractivity contribution in [2.24, 2.45) is 11.8 Å². The van der Waals surface area contributed by atoms with E-state index in [-0.39, 0.29) is 31.6 Å². The molecule has 2 amide bonds. The molecule has 9 nitrogen and oxygen atoms in total. The standard InChI is InChI=1S/C28H34N2O7/c1-3-27-13-4-7-18-36-26(34)22(27)21-24(32)30(15-5-6-17-31)23-25(33)29(16-8-14-28(21,23)37-27)19-9-11-20(35-2)12-10-19/h4,8-14,21-23,31H,3,5-7,15-18H2,1-2H3/t21-,22+,23?,27-,28-/m0/s1. The van der Waals surface area contributed by atoms with Gasteiger partial charge in [0.25, 0.3) is 5.91 Å². The van der Waals surface area contributed by atoms with E-state index in [1.165, 1.54) is 0 Å². The molecule has 1 unspecified atom stereocenters. The van der Waals surface area contributed by atoms with Crippen LogP contribution in [0.25, 0.3) is 0 Å². The van der Waals surface area contributed by atoms with E-state index in [0.29, 0.717) is 43.7 Å². The zero-order valence-electron chi connectivity index (χ0n) is 21.3. The molecule has 0 bridgehead atoms. The lowest BCUT2D eigenvalue weighted by atomic mass is 9.73. The molecule has 5 atom stereocenters. The fraction of sp³-hybridized carbons (Fsp3) is 0.536. The summed E-state index contributed by atoms with van der Waals surface area (Å²) in [7, 11) is 1.58. The van der Waals surface area contributed by atoms with Gasteiger partial charge in [-0.3, -0.25) is 14.4 Å². The summed E-state index contributed by atoms with van der Waals surface area (Å²) in [4.78, 5) is 45.0. The van der Waals surface area contributed by atoms with Gasteiger partial charge in [-0.05, 0) is 49.9 Å². The van der Waals surface area contributed by atoms with E-state index in [1.807, 2.05) is 43.4 Å². The van der Waals surface area contributed by atoms with Crippen LogP contribution >= 0.6 is 0 Å². The van der Waals surface area contributed by atoms with E-state index in [2.05, 4.69) is 0 Å². The van der Waals surface area contributed by atoms with Crippen molar-refractivity contribution < 1.29 is 33.7 Å². The van der Waals surface area contributed by atoms with Gasteiger partial charge in [0.15, 0.2) is 0 Å². The fourth-order valence-electron chi connectivity index (χ4n) is 6.36. The van der Waals surface area contributed by atoms with Gasteiger partial charge in [0, 0.05) is 25.4 Å². The molecule has 4 aliphatic heterocycles. The number of nitrogens with zero attached hydrogens (tertiary/aromatic N) is 2.